The van der Waals surface area contributed by atoms with Gasteiger partial charge in [-0.2, -0.15) is 0 Å². The first-order chi connectivity index (χ1) is 8.16. The number of carbonyl (C=O) groups excluding carboxylic acids is 1. The molecule has 1 unspecified atom stereocenters. The smallest absolute Gasteiger partial charge is 0.222 e. The molecule has 0 saturated carbocycles. The van der Waals surface area contributed by atoms with Crippen LogP contribution in [0.2, 0.25) is 0 Å². The van der Waals surface area contributed by atoms with Crippen molar-refractivity contribution in [3.05, 3.63) is 18.2 Å². The van der Waals surface area contributed by atoms with Crippen molar-refractivity contribution in [1.82, 2.24) is 14.9 Å². The van der Waals surface area contributed by atoms with Gasteiger partial charge in [0.05, 0.1) is 0 Å². The second kappa shape index (κ2) is 5.34. The summed E-state index contributed by atoms with van der Waals surface area (Å²) < 4.78 is 0. The number of aromatic nitrogens is 2. The van der Waals surface area contributed by atoms with Crippen molar-refractivity contribution in [1.29, 1.82) is 0 Å². The maximum Gasteiger partial charge on any atom is 0.222 e. The first-order valence-corrected chi connectivity index (χ1v) is 6.44. The highest BCUT2D eigenvalue weighted by molar-refractivity contribution is 5.76. The SMILES string of the molecule is CC(C)CC(=O)N1CCCC(c2ncc[nH]2)C1. The van der Waals surface area contributed by atoms with Crippen molar-refractivity contribution in [2.24, 2.45) is 5.92 Å². The van der Waals surface area contributed by atoms with Crippen LogP contribution in [0.15, 0.2) is 12.4 Å². The van der Waals surface area contributed by atoms with Gasteiger partial charge in [0, 0.05) is 37.8 Å². The van der Waals surface area contributed by atoms with E-state index in [9.17, 15) is 4.79 Å². The van der Waals surface area contributed by atoms with E-state index in [1.165, 1.54) is 0 Å². The summed E-state index contributed by atoms with van der Waals surface area (Å²) in [6.07, 6.45) is 6.49. The van der Waals surface area contributed by atoms with Crippen LogP contribution in [-0.2, 0) is 4.79 Å². The Balaban J connectivity index is 1.95. The van der Waals surface area contributed by atoms with E-state index in [-0.39, 0.29) is 5.91 Å². The van der Waals surface area contributed by atoms with Crippen LogP contribution in [0.4, 0.5) is 0 Å². The van der Waals surface area contributed by atoms with Crippen molar-refractivity contribution >= 4 is 5.91 Å². The van der Waals surface area contributed by atoms with Crippen molar-refractivity contribution in [2.45, 2.75) is 39.0 Å². The van der Waals surface area contributed by atoms with Crippen molar-refractivity contribution in [3.8, 4) is 0 Å². The van der Waals surface area contributed by atoms with Crippen LogP contribution in [0.25, 0.3) is 0 Å². The number of carbonyl (C=O) groups is 1. The second-order valence-electron chi connectivity index (χ2n) is 5.25. The molecular weight excluding hydrogens is 214 g/mol. The van der Waals surface area contributed by atoms with E-state index in [1.807, 2.05) is 11.1 Å². The average molecular weight is 235 g/mol. The van der Waals surface area contributed by atoms with Crippen LogP contribution in [0.1, 0.15) is 44.9 Å². The summed E-state index contributed by atoms with van der Waals surface area (Å²) >= 11 is 0. The fraction of sp³-hybridized carbons (Fsp3) is 0.692. The molecule has 1 amide bonds. The summed E-state index contributed by atoms with van der Waals surface area (Å²) in [4.78, 5) is 21.5. The van der Waals surface area contributed by atoms with Gasteiger partial charge in [-0.25, -0.2) is 4.98 Å². The molecule has 1 atom stereocenters. The van der Waals surface area contributed by atoms with Crippen molar-refractivity contribution in [3.63, 3.8) is 0 Å². The largest absolute Gasteiger partial charge is 0.348 e. The summed E-state index contributed by atoms with van der Waals surface area (Å²) in [5.74, 6) is 2.13. The lowest BCUT2D eigenvalue weighted by Crippen LogP contribution is -2.39. The minimum atomic E-state index is 0.288. The zero-order chi connectivity index (χ0) is 12.3. The normalized spacial score (nSPS) is 20.9. The number of hydrogen-bond donors (Lipinski definition) is 1. The number of piperidine rings is 1. The summed E-state index contributed by atoms with van der Waals surface area (Å²) in [7, 11) is 0. The van der Waals surface area contributed by atoms with Crippen molar-refractivity contribution in [2.75, 3.05) is 13.1 Å². The quantitative estimate of drug-likeness (QED) is 0.872. The standard InChI is InChI=1S/C13H21N3O/c1-10(2)8-12(17)16-7-3-4-11(9-16)13-14-5-6-15-13/h5-6,10-11H,3-4,7-9H2,1-2H3,(H,14,15). The molecule has 1 aromatic rings. The fourth-order valence-corrected chi connectivity index (χ4v) is 2.41. The van der Waals surface area contributed by atoms with Gasteiger partial charge in [-0.15, -0.1) is 0 Å². The highest BCUT2D eigenvalue weighted by atomic mass is 16.2. The molecule has 1 N–H and O–H groups in total. The Morgan fingerprint density at radius 2 is 2.47 bits per heavy atom. The first kappa shape index (κ1) is 12.1. The third-order valence-electron chi connectivity index (χ3n) is 3.26. The highest BCUT2D eigenvalue weighted by Crippen LogP contribution is 2.25. The number of nitrogens with one attached hydrogen (secondary N) is 1. The van der Waals surface area contributed by atoms with E-state index >= 15 is 0 Å². The first-order valence-electron chi connectivity index (χ1n) is 6.44. The molecule has 1 saturated heterocycles. The lowest BCUT2D eigenvalue weighted by atomic mass is 9.96. The van der Waals surface area contributed by atoms with Gasteiger partial charge in [0.15, 0.2) is 0 Å². The molecule has 0 radical (unpaired) electrons. The lowest BCUT2D eigenvalue weighted by Gasteiger charge is -2.32. The topological polar surface area (TPSA) is 49.0 Å². The summed E-state index contributed by atoms with van der Waals surface area (Å²) in [6.45, 7) is 5.90. The van der Waals surface area contributed by atoms with E-state index in [4.69, 9.17) is 0 Å². The maximum absolute atomic E-state index is 12.0. The third-order valence-corrected chi connectivity index (χ3v) is 3.26. The van der Waals surface area contributed by atoms with Crippen LogP contribution < -0.4 is 0 Å². The number of aromatic amines is 1. The number of hydrogen-bond acceptors (Lipinski definition) is 2. The summed E-state index contributed by atoms with van der Waals surface area (Å²) in [5.41, 5.74) is 0. The molecule has 4 heteroatoms. The molecule has 0 aliphatic carbocycles. The second-order valence-corrected chi connectivity index (χ2v) is 5.25. The van der Waals surface area contributed by atoms with Crippen molar-refractivity contribution < 1.29 is 4.79 Å². The number of imidazole rings is 1. The summed E-state index contributed by atoms with van der Waals surface area (Å²) in [6, 6.07) is 0. The molecule has 0 spiro atoms. The number of nitrogens with zero attached hydrogens (tertiary/aromatic N) is 2. The molecule has 0 bridgehead atoms. The Labute approximate surface area is 102 Å². The molecule has 1 aliphatic heterocycles. The Morgan fingerprint density at radius 1 is 1.65 bits per heavy atom. The third kappa shape index (κ3) is 3.08. The number of likely N-dealkylation sites (tertiary alicyclic amines) is 1. The molecule has 2 heterocycles. The highest BCUT2D eigenvalue weighted by Gasteiger charge is 2.26. The van der Waals surface area contributed by atoms with Gasteiger partial charge < -0.3 is 9.88 Å². The molecule has 1 aliphatic rings. The van der Waals surface area contributed by atoms with Gasteiger partial charge >= 0.3 is 0 Å². The molecule has 1 fully saturated rings. The predicted molar refractivity (Wildman–Crippen MR) is 66.6 cm³/mol. The monoisotopic (exact) mass is 235 g/mol. The Morgan fingerprint density at radius 3 is 3.12 bits per heavy atom. The number of amides is 1. The Bertz CT molecular complexity index is 359. The van der Waals surface area contributed by atoms with Gasteiger partial charge in [-0.05, 0) is 18.8 Å². The van der Waals surface area contributed by atoms with Crippen LogP contribution in [0, 0.1) is 5.92 Å². The minimum absolute atomic E-state index is 0.288. The van der Waals surface area contributed by atoms with Crippen LogP contribution in [-0.4, -0.2) is 33.9 Å². The molecule has 2 rings (SSSR count). The number of H-pyrrole nitrogens is 1. The van der Waals surface area contributed by atoms with Gasteiger partial charge in [0.2, 0.25) is 5.91 Å². The van der Waals surface area contributed by atoms with E-state index in [0.717, 1.165) is 31.8 Å². The van der Waals surface area contributed by atoms with Gasteiger partial charge in [0.1, 0.15) is 5.82 Å². The van der Waals surface area contributed by atoms with E-state index in [0.29, 0.717) is 18.3 Å². The van der Waals surface area contributed by atoms with E-state index in [1.54, 1.807) is 6.20 Å². The fourth-order valence-electron chi connectivity index (χ4n) is 2.41. The van der Waals surface area contributed by atoms with E-state index in [2.05, 4.69) is 23.8 Å². The van der Waals surface area contributed by atoms with Gasteiger partial charge in [0.25, 0.3) is 0 Å². The zero-order valence-corrected chi connectivity index (χ0v) is 10.6. The van der Waals surface area contributed by atoms with Gasteiger partial charge in [-0.3, -0.25) is 4.79 Å². The summed E-state index contributed by atoms with van der Waals surface area (Å²) in [5, 5.41) is 0. The minimum Gasteiger partial charge on any atom is -0.348 e. The van der Waals surface area contributed by atoms with Gasteiger partial charge in [-0.1, -0.05) is 13.8 Å². The zero-order valence-electron chi connectivity index (χ0n) is 10.6. The molecular formula is C13H21N3O. The van der Waals surface area contributed by atoms with Crippen LogP contribution in [0.3, 0.4) is 0 Å². The molecule has 94 valence electrons. The van der Waals surface area contributed by atoms with E-state index < -0.39 is 0 Å². The Kier molecular flexibility index (Phi) is 3.82. The number of rotatable bonds is 3. The average Bonchev–Trinajstić information content (AvgIpc) is 2.82. The predicted octanol–water partition coefficient (Wildman–Crippen LogP) is 2.16. The lowest BCUT2D eigenvalue weighted by molar-refractivity contribution is -0.133. The molecule has 1 aromatic heterocycles. The molecule has 0 aromatic carbocycles. The molecule has 17 heavy (non-hydrogen) atoms. The Hall–Kier alpha value is -1.32. The van der Waals surface area contributed by atoms with Crippen LogP contribution >= 0.6 is 0 Å². The molecule has 4 nitrogen and oxygen atoms in total. The maximum atomic E-state index is 12.0. The van der Waals surface area contributed by atoms with Crippen LogP contribution in [0.5, 0.6) is 0 Å².